The summed E-state index contributed by atoms with van der Waals surface area (Å²) in [5, 5.41) is 0. The molecule has 0 N–H and O–H groups in total. The van der Waals surface area contributed by atoms with Gasteiger partial charge in [-0.05, 0) is 47.4 Å². The molecule has 0 saturated heterocycles. The van der Waals surface area contributed by atoms with Crippen LogP contribution in [0.4, 0.5) is 5.69 Å². The molecule has 1 aliphatic heterocycles. The van der Waals surface area contributed by atoms with E-state index in [0.29, 0.717) is 11.3 Å². The minimum absolute atomic E-state index is 0.0972. The summed E-state index contributed by atoms with van der Waals surface area (Å²) in [7, 11) is -4.10. The van der Waals surface area contributed by atoms with Gasteiger partial charge < -0.3 is 0 Å². The molecule has 35 heavy (non-hydrogen) atoms. The van der Waals surface area contributed by atoms with Crippen LogP contribution in [0, 0.1) is 6.92 Å². The van der Waals surface area contributed by atoms with Crippen molar-refractivity contribution in [1.29, 1.82) is 0 Å². The van der Waals surface area contributed by atoms with Crippen molar-refractivity contribution in [3.05, 3.63) is 120 Å². The highest BCUT2D eigenvalue weighted by molar-refractivity contribution is 14.2. The van der Waals surface area contributed by atoms with Crippen LogP contribution in [0.3, 0.4) is 0 Å². The van der Waals surface area contributed by atoms with Crippen molar-refractivity contribution in [2.45, 2.75) is 19.2 Å². The summed E-state index contributed by atoms with van der Waals surface area (Å²) in [6.45, 7) is 1.90. The Morgan fingerprint density at radius 3 is 1.94 bits per heavy atom. The summed E-state index contributed by atoms with van der Waals surface area (Å²) in [6.07, 6.45) is 0. The van der Waals surface area contributed by atoms with E-state index in [2.05, 4.69) is 45.2 Å². The molecular weight excluding hydrogens is 684 g/mol. The molecule has 1 unspecified atom stereocenters. The smallest absolute Gasteiger partial charge is 0.270 e. The highest BCUT2D eigenvalue weighted by atomic mass is 127. The fourth-order valence-corrected chi connectivity index (χ4v) is 7.99. The van der Waals surface area contributed by atoms with Gasteiger partial charge in [0.15, 0.2) is 0 Å². The molecule has 4 aromatic carbocycles. The van der Waals surface area contributed by atoms with Gasteiger partial charge in [-0.2, -0.15) is 0 Å². The van der Waals surface area contributed by atoms with Gasteiger partial charge in [0.2, 0.25) is 0 Å². The second-order valence-electron chi connectivity index (χ2n) is 8.46. The average Bonchev–Trinajstić information content (AvgIpc) is 3.14. The number of para-hydroxylation sites is 1. The quantitative estimate of drug-likeness (QED) is 0.168. The summed E-state index contributed by atoms with van der Waals surface area (Å²) in [6, 6.07) is 31.7. The van der Waals surface area contributed by atoms with Gasteiger partial charge in [-0.25, -0.2) is 12.7 Å². The average molecular weight is 705 g/mol. The molecule has 4 nitrogen and oxygen atoms in total. The molecule has 1 aliphatic rings. The number of aryl methyl sites for hydroxylation is 1. The van der Waals surface area contributed by atoms with Crippen LogP contribution in [-0.4, -0.2) is 16.3 Å². The van der Waals surface area contributed by atoms with E-state index in [1.807, 2.05) is 73.7 Å². The van der Waals surface area contributed by atoms with Gasteiger partial charge in [0, 0.05) is 0 Å². The maximum atomic E-state index is 14.3. The van der Waals surface area contributed by atoms with E-state index in [-0.39, 0.29) is 6.83 Å². The molecule has 5 rings (SSSR count). The zero-order valence-corrected chi connectivity index (χ0v) is 23.9. The highest BCUT2D eigenvalue weighted by Crippen LogP contribution is 2.53. The van der Waals surface area contributed by atoms with E-state index >= 15 is 0 Å². The van der Waals surface area contributed by atoms with Crippen LogP contribution in [0.5, 0.6) is 0 Å². The van der Waals surface area contributed by atoms with Crippen molar-refractivity contribution in [2.75, 3.05) is 4.31 Å². The van der Waals surface area contributed by atoms with Gasteiger partial charge in [0.25, 0.3) is 15.9 Å². The molecule has 0 radical (unpaired) electrons. The van der Waals surface area contributed by atoms with Crippen LogP contribution in [-0.2, 0) is 20.2 Å². The number of carbonyl (C=O) groups excluding carboxylic acids is 1. The van der Waals surface area contributed by atoms with Crippen molar-refractivity contribution in [1.82, 2.24) is 0 Å². The van der Waals surface area contributed by atoms with E-state index in [4.69, 9.17) is 0 Å². The van der Waals surface area contributed by atoms with Crippen LogP contribution < -0.4 is 4.31 Å². The molecular formula is C28H21I2NO3S. The van der Waals surface area contributed by atoms with Gasteiger partial charge in [-0.15, -0.1) is 0 Å². The molecule has 0 aliphatic carbocycles. The zero-order valence-electron chi connectivity index (χ0n) is 18.7. The van der Waals surface area contributed by atoms with Crippen LogP contribution in [0.1, 0.15) is 16.7 Å². The van der Waals surface area contributed by atoms with E-state index < -0.39 is 21.3 Å². The Labute approximate surface area is 232 Å². The van der Waals surface area contributed by atoms with Crippen LogP contribution in [0.15, 0.2) is 108 Å². The Kier molecular flexibility index (Phi) is 6.52. The number of hydrogen-bond acceptors (Lipinski definition) is 3. The molecule has 1 atom stereocenters. The standard InChI is InChI=1S/C28H21I2NO3S/c1-19-11-17-23(18-12-19)35(33,34)31-25-10-6-5-9-24(25)28(26(29)30,27(31)32)22-15-13-21(14-16-22)20-7-3-2-4-8-20/h2-18,26H,1H3. The topological polar surface area (TPSA) is 54.5 Å². The monoisotopic (exact) mass is 705 g/mol. The number of nitrogens with zero attached hydrogens (tertiary/aromatic N) is 1. The van der Waals surface area contributed by atoms with Crippen molar-refractivity contribution in [2.24, 2.45) is 0 Å². The van der Waals surface area contributed by atoms with Gasteiger partial charge in [-0.3, -0.25) is 4.79 Å². The molecule has 176 valence electrons. The molecule has 7 heteroatoms. The van der Waals surface area contributed by atoms with Crippen LogP contribution in [0.25, 0.3) is 11.1 Å². The molecule has 0 aromatic heterocycles. The van der Waals surface area contributed by atoms with Crippen molar-refractivity contribution in [3.8, 4) is 11.1 Å². The Bertz CT molecular complexity index is 1500. The molecule has 1 heterocycles. The van der Waals surface area contributed by atoms with Crippen LogP contribution >= 0.6 is 45.2 Å². The minimum atomic E-state index is -4.10. The third-order valence-electron chi connectivity index (χ3n) is 6.40. The summed E-state index contributed by atoms with van der Waals surface area (Å²) in [5.74, 6) is -0.458. The lowest BCUT2D eigenvalue weighted by Crippen LogP contribution is -2.47. The molecule has 0 saturated carbocycles. The van der Waals surface area contributed by atoms with Crippen molar-refractivity contribution < 1.29 is 13.2 Å². The first kappa shape index (κ1) is 24.5. The van der Waals surface area contributed by atoms with Crippen LogP contribution in [0.2, 0.25) is 0 Å². The summed E-state index contributed by atoms with van der Waals surface area (Å²) in [5.41, 5.74) is 3.78. The maximum Gasteiger partial charge on any atom is 0.270 e. The number of anilines is 1. The lowest BCUT2D eigenvalue weighted by Gasteiger charge is -2.31. The van der Waals surface area contributed by atoms with Gasteiger partial charge in [-0.1, -0.05) is 136 Å². The molecule has 4 aromatic rings. The Morgan fingerprint density at radius 1 is 0.743 bits per heavy atom. The molecule has 1 amide bonds. The second-order valence-corrected chi connectivity index (χ2v) is 15.1. The van der Waals surface area contributed by atoms with Crippen molar-refractivity contribution in [3.63, 3.8) is 0 Å². The third kappa shape index (κ3) is 3.92. The van der Waals surface area contributed by atoms with Crippen molar-refractivity contribution >= 4 is 66.8 Å². The first-order valence-corrected chi connectivity index (χ1v) is 14.9. The van der Waals surface area contributed by atoms with E-state index in [1.165, 1.54) is 0 Å². The largest absolute Gasteiger partial charge is 0.272 e. The summed E-state index contributed by atoms with van der Waals surface area (Å²) in [4.78, 5) is 14.4. The number of alkyl halides is 2. The lowest BCUT2D eigenvalue weighted by atomic mass is 9.77. The Balaban J connectivity index is 1.69. The fraction of sp³-hybridized carbons (Fsp3) is 0.107. The number of fused-ring (bicyclic) bond motifs is 1. The Hall–Kier alpha value is -2.24. The van der Waals surface area contributed by atoms with E-state index in [9.17, 15) is 13.2 Å². The molecule has 0 fully saturated rings. The number of benzene rings is 4. The zero-order chi connectivity index (χ0) is 24.8. The first-order valence-electron chi connectivity index (χ1n) is 11.0. The molecule has 0 spiro atoms. The summed E-state index contributed by atoms with van der Waals surface area (Å²) >= 11 is 4.47. The molecule has 0 bridgehead atoms. The summed E-state index contributed by atoms with van der Waals surface area (Å²) < 4.78 is 28.4. The number of hydrogen-bond donors (Lipinski definition) is 0. The number of sulfonamides is 1. The minimum Gasteiger partial charge on any atom is -0.272 e. The number of rotatable bonds is 5. The Morgan fingerprint density at radius 2 is 1.31 bits per heavy atom. The van der Waals surface area contributed by atoms with Gasteiger partial charge in [0.1, 0.15) is 5.41 Å². The highest BCUT2D eigenvalue weighted by Gasteiger charge is 2.58. The predicted molar refractivity (Wildman–Crippen MR) is 157 cm³/mol. The number of halogens is 2. The SMILES string of the molecule is Cc1ccc(S(=O)(=O)N2C(=O)C(c3ccc(-c4ccccc4)cc3)(C(I)I)c3ccccc32)cc1. The predicted octanol–water partition coefficient (Wildman–Crippen LogP) is 6.88. The number of carbonyl (C=O) groups is 1. The lowest BCUT2D eigenvalue weighted by molar-refractivity contribution is -0.120. The fourth-order valence-electron chi connectivity index (χ4n) is 4.60. The normalized spacial score (nSPS) is 17.6. The second kappa shape index (κ2) is 9.33. The number of amides is 1. The van der Waals surface area contributed by atoms with E-state index in [0.717, 1.165) is 26.6 Å². The maximum absolute atomic E-state index is 14.3. The van der Waals surface area contributed by atoms with Gasteiger partial charge >= 0.3 is 0 Å². The third-order valence-corrected chi connectivity index (χ3v) is 9.98. The first-order chi connectivity index (χ1) is 16.8. The van der Waals surface area contributed by atoms with E-state index in [1.54, 1.807) is 36.4 Å². The van der Waals surface area contributed by atoms with Gasteiger partial charge in [0.05, 0.1) is 12.5 Å².